The lowest BCUT2D eigenvalue weighted by Gasteiger charge is -2.07. The van der Waals surface area contributed by atoms with Gasteiger partial charge in [0.1, 0.15) is 6.35 Å². The van der Waals surface area contributed by atoms with Crippen molar-refractivity contribution >= 4 is 14.3 Å². The van der Waals surface area contributed by atoms with E-state index in [4.69, 9.17) is 19.8 Å². The van der Waals surface area contributed by atoms with Crippen molar-refractivity contribution in [2.75, 3.05) is 6.35 Å². The molecule has 0 aromatic carbocycles. The maximum Gasteiger partial charge on any atom is 0.409 e. The summed E-state index contributed by atoms with van der Waals surface area (Å²) in [7, 11) is -9.64. The molecule has 0 aromatic heterocycles. The van der Waals surface area contributed by atoms with Crippen LogP contribution >= 0.6 is 14.3 Å². The number of hydrogen-bond donors (Lipinski definition) is 4. The van der Waals surface area contributed by atoms with E-state index < -0.39 is 20.7 Å². The van der Waals surface area contributed by atoms with Gasteiger partial charge in [-0.1, -0.05) is 0 Å². The van der Waals surface area contributed by atoms with E-state index in [2.05, 4.69) is 0 Å². The predicted molar refractivity (Wildman–Crippen MR) is 29.0 cm³/mol. The van der Waals surface area contributed by atoms with Crippen LogP contribution in [0.4, 0.5) is 0 Å². The molecule has 1 unspecified atom stereocenters. The Bertz CT molecular complexity index is 177. The van der Waals surface area contributed by atoms with Gasteiger partial charge >= 0.3 is 14.3 Å². The highest BCUT2D eigenvalue weighted by atomic mass is 32.1. The lowest BCUT2D eigenvalue weighted by molar-refractivity contribution is 0.326. The molecule has 0 saturated carbocycles. The molecule has 0 aliphatic carbocycles. The lowest BCUT2D eigenvalue weighted by Crippen LogP contribution is -1.87. The Hall–Kier alpha value is 0.300. The summed E-state index contributed by atoms with van der Waals surface area (Å²) in [6.07, 6.45) is -1.39. The van der Waals surface area contributed by atoms with Crippen molar-refractivity contribution < 1.29 is 28.9 Å². The number of aliphatic hydroxyl groups excluding tert-OH is 1. The summed E-state index contributed by atoms with van der Waals surface area (Å²) in [4.78, 5) is 24.2. The molecule has 8 heteroatoms. The molecule has 6 nitrogen and oxygen atoms in total. The summed E-state index contributed by atoms with van der Waals surface area (Å²) in [6.45, 7) is 0. The second-order valence-electron chi connectivity index (χ2n) is 1.32. The number of aliphatic hydroxyl groups is 1. The van der Waals surface area contributed by atoms with Crippen molar-refractivity contribution in [1.29, 1.82) is 0 Å². The fraction of sp³-hybridized carbons (Fsp3) is 1.00. The van der Waals surface area contributed by atoms with Crippen molar-refractivity contribution in [3.8, 4) is 0 Å². The summed E-state index contributed by atoms with van der Waals surface area (Å²) in [5, 5.41) is 7.92. The first kappa shape index (κ1) is 9.30. The van der Waals surface area contributed by atoms with Gasteiger partial charge in [-0.25, -0.2) is 4.57 Å². The minimum Gasteiger partial charge on any atom is -0.386 e. The molecule has 0 aliphatic heterocycles. The van der Waals surface area contributed by atoms with Crippen molar-refractivity contribution in [3.63, 3.8) is 0 Å². The van der Waals surface area contributed by atoms with Crippen LogP contribution < -0.4 is 0 Å². The smallest absolute Gasteiger partial charge is 0.386 e. The molecule has 0 fully saturated rings. The largest absolute Gasteiger partial charge is 0.409 e. The molecule has 9 heavy (non-hydrogen) atoms. The Morgan fingerprint density at radius 1 is 1.11 bits per heavy atom. The van der Waals surface area contributed by atoms with Crippen LogP contribution in [0, 0.1) is 0 Å². The van der Waals surface area contributed by atoms with Crippen LogP contribution in [0.3, 0.4) is 0 Å². The second kappa shape index (κ2) is 2.50. The van der Waals surface area contributed by atoms with Crippen molar-refractivity contribution in [2.24, 2.45) is 0 Å². The molecule has 0 aromatic rings. The van der Waals surface area contributed by atoms with Crippen LogP contribution in [0.2, 0.25) is 0 Å². The molecule has 0 rings (SSSR count). The number of hydrogen-bond acceptors (Lipinski definition) is 3. The van der Waals surface area contributed by atoms with Crippen molar-refractivity contribution in [2.45, 2.75) is 0 Å². The SMILES string of the molecule is O=P(O)(O)P(=O)(O)CO. The summed E-state index contributed by atoms with van der Waals surface area (Å²) in [5.41, 5.74) is 0. The normalized spacial score (nSPS) is 19.1. The molecule has 0 aliphatic rings. The van der Waals surface area contributed by atoms with Gasteiger partial charge in [0.25, 0.3) is 0 Å². The maximum absolute atomic E-state index is 10.1. The van der Waals surface area contributed by atoms with E-state index >= 15 is 0 Å². The molecule has 4 N–H and O–H groups in total. The van der Waals surface area contributed by atoms with E-state index in [1.807, 2.05) is 0 Å². The monoisotopic (exact) mass is 176 g/mol. The average Bonchev–Trinajstić information content (AvgIpc) is 1.64. The van der Waals surface area contributed by atoms with Crippen LogP contribution in [-0.4, -0.2) is 26.1 Å². The van der Waals surface area contributed by atoms with E-state index in [9.17, 15) is 9.13 Å². The molecular weight excluding hydrogens is 170 g/mol. The summed E-state index contributed by atoms with van der Waals surface area (Å²) in [6, 6.07) is 0. The van der Waals surface area contributed by atoms with E-state index in [1.165, 1.54) is 0 Å². The van der Waals surface area contributed by atoms with Gasteiger partial charge in [-0.05, 0) is 0 Å². The highest BCUT2D eigenvalue weighted by molar-refractivity contribution is 8.28. The Morgan fingerprint density at radius 2 is 1.44 bits per heavy atom. The van der Waals surface area contributed by atoms with Gasteiger partial charge in [-0.2, -0.15) is 0 Å². The third-order valence-electron chi connectivity index (χ3n) is 0.591. The van der Waals surface area contributed by atoms with Gasteiger partial charge in [0, 0.05) is 0 Å². The van der Waals surface area contributed by atoms with Crippen LogP contribution in [-0.2, 0) is 9.13 Å². The van der Waals surface area contributed by atoms with Crippen LogP contribution in [0.1, 0.15) is 0 Å². The Balaban J connectivity index is 4.56. The zero-order chi connectivity index (χ0) is 7.71. The number of rotatable bonds is 2. The standard InChI is InChI=1S/CH6O6P2/c2-1-8(3,4)9(5,6)7/h2H,1H2,(H,3,4)(H2,5,6,7). The van der Waals surface area contributed by atoms with Crippen LogP contribution in [0.5, 0.6) is 0 Å². The summed E-state index contributed by atoms with van der Waals surface area (Å²) in [5.74, 6) is 0. The van der Waals surface area contributed by atoms with Gasteiger partial charge in [-0.3, -0.25) is 4.57 Å². The molecule has 0 amide bonds. The zero-order valence-corrected chi connectivity index (χ0v) is 6.00. The van der Waals surface area contributed by atoms with Crippen molar-refractivity contribution in [3.05, 3.63) is 0 Å². The molecule has 1 atom stereocenters. The second-order valence-corrected chi connectivity index (χ2v) is 7.40. The molecular formula is CH6O6P2. The fourth-order valence-electron chi connectivity index (χ4n) is 0.0824. The molecule has 0 radical (unpaired) electrons. The van der Waals surface area contributed by atoms with Gasteiger partial charge in [0.15, 0.2) is 0 Å². The van der Waals surface area contributed by atoms with Crippen molar-refractivity contribution in [1.82, 2.24) is 0 Å². The predicted octanol–water partition coefficient (Wildman–Crippen LogP) is -0.701. The van der Waals surface area contributed by atoms with Gasteiger partial charge in [0.05, 0.1) is 0 Å². The van der Waals surface area contributed by atoms with Gasteiger partial charge in [0.2, 0.25) is 0 Å². The van der Waals surface area contributed by atoms with E-state index in [-0.39, 0.29) is 0 Å². The molecule has 0 bridgehead atoms. The summed E-state index contributed by atoms with van der Waals surface area (Å²) >= 11 is 0. The third kappa shape index (κ3) is 2.18. The molecule has 0 saturated heterocycles. The highest BCUT2D eigenvalue weighted by Gasteiger charge is 2.38. The zero-order valence-electron chi connectivity index (χ0n) is 4.21. The molecule has 0 heterocycles. The Labute approximate surface area is 50.7 Å². The first-order valence-corrected chi connectivity index (χ1v) is 5.96. The van der Waals surface area contributed by atoms with Crippen LogP contribution in [0.15, 0.2) is 0 Å². The minimum absolute atomic E-state index is 1.39. The Morgan fingerprint density at radius 3 is 1.44 bits per heavy atom. The maximum atomic E-state index is 10.1. The average molecular weight is 176 g/mol. The lowest BCUT2D eigenvalue weighted by atomic mass is 11.7. The summed E-state index contributed by atoms with van der Waals surface area (Å²) < 4.78 is 20.1. The Kier molecular flexibility index (Phi) is 2.58. The van der Waals surface area contributed by atoms with E-state index in [1.54, 1.807) is 0 Å². The molecule has 56 valence electrons. The highest BCUT2D eigenvalue weighted by Crippen LogP contribution is 2.73. The van der Waals surface area contributed by atoms with Gasteiger partial charge < -0.3 is 19.8 Å². The minimum atomic E-state index is -5.01. The molecule has 0 spiro atoms. The van der Waals surface area contributed by atoms with Gasteiger partial charge in [-0.15, -0.1) is 0 Å². The van der Waals surface area contributed by atoms with E-state index in [0.717, 1.165) is 0 Å². The van der Waals surface area contributed by atoms with Crippen LogP contribution in [0.25, 0.3) is 0 Å². The van der Waals surface area contributed by atoms with E-state index in [0.29, 0.717) is 0 Å². The topological polar surface area (TPSA) is 115 Å². The first-order chi connectivity index (χ1) is 3.81. The quantitative estimate of drug-likeness (QED) is 0.413. The third-order valence-corrected chi connectivity index (χ3v) is 4.60. The fourth-order valence-corrected chi connectivity index (χ4v) is 0.741. The first-order valence-electron chi connectivity index (χ1n) is 1.80.